The van der Waals surface area contributed by atoms with Crippen molar-refractivity contribution in [3.05, 3.63) is 87.0 Å². The predicted molar refractivity (Wildman–Crippen MR) is 204 cm³/mol. The number of anilines is 1. The number of amides is 2. The third-order valence-corrected chi connectivity index (χ3v) is 11.2. The van der Waals surface area contributed by atoms with E-state index in [0.29, 0.717) is 58.1 Å². The van der Waals surface area contributed by atoms with Crippen molar-refractivity contribution in [2.75, 3.05) is 45.2 Å². The number of aliphatic imine (C=N–C) groups is 1. The SMILES string of the molecule is C=N/C=C\c1c(-c2cc(F)c(CN3CCC(CCN4CCC(c5ccc(NC6CCC(=O)NC6=O)cc5F)CC4)CC3)c(OC)c2)cn(C)c(=O)c1C. The molecule has 1 aromatic heterocycles. The molecular formula is C41H50F2N6O4. The second-order valence-electron chi connectivity index (χ2n) is 14.6. The van der Waals surface area contributed by atoms with Crippen LogP contribution in [-0.2, 0) is 23.2 Å². The molecule has 1 unspecified atom stereocenters. The first-order chi connectivity index (χ1) is 25.5. The topological polar surface area (TPSA) is 108 Å². The number of aryl methyl sites for hydroxylation is 1. The maximum Gasteiger partial charge on any atom is 0.253 e. The van der Waals surface area contributed by atoms with Crippen LogP contribution < -0.4 is 20.9 Å². The monoisotopic (exact) mass is 728 g/mol. The number of likely N-dealkylation sites (tertiary alicyclic amines) is 2. The van der Waals surface area contributed by atoms with Gasteiger partial charge in [0.25, 0.3) is 5.56 Å². The highest BCUT2D eigenvalue weighted by Gasteiger charge is 2.28. The van der Waals surface area contributed by atoms with Crippen LogP contribution in [0.1, 0.15) is 73.1 Å². The smallest absolute Gasteiger partial charge is 0.253 e. The van der Waals surface area contributed by atoms with E-state index in [1.54, 1.807) is 33.4 Å². The zero-order chi connectivity index (χ0) is 37.6. The molecule has 3 fully saturated rings. The molecule has 4 heterocycles. The molecular weight excluding hydrogens is 678 g/mol. The van der Waals surface area contributed by atoms with Crippen molar-refractivity contribution in [3.63, 3.8) is 0 Å². The third-order valence-electron chi connectivity index (χ3n) is 11.2. The number of piperidine rings is 3. The first kappa shape index (κ1) is 38.1. The number of methoxy groups -OCH3 is 1. The van der Waals surface area contributed by atoms with Crippen LogP contribution in [0.5, 0.6) is 5.75 Å². The lowest BCUT2D eigenvalue weighted by atomic mass is 9.88. The van der Waals surface area contributed by atoms with Gasteiger partial charge in [-0.2, -0.15) is 0 Å². The summed E-state index contributed by atoms with van der Waals surface area (Å²) in [4.78, 5) is 44.7. The Hall–Kier alpha value is -4.68. The summed E-state index contributed by atoms with van der Waals surface area (Å²) in [5.74, 6) is -0.0104. The fourth-order valence-electron chi connectivity index (χ4n) is 8.05. The maximum atomic E-state index is 15.8. The summed E-state index contributed by atoms with van der Waals surface area (Å²) in [6.45, 7) is 10.3. The van der Waals surface area contributed by atoms with Gasteiger partial charge in [-0.15, -0.1) is 0 Å². The van der Waals surface area contributed by atoms with E-state index in [2.05, 4.69) is 32.1 Å². The second-order valence-corrected chi connectivity index (χ2v) is 14.6. The number of nitrogens with one attached hydrogen (secondary N) is 2. The van der Waals surface area contributed by atoms with Crippen molar-refractivity contribution in [2.45, 2.75) is 70.4 Å². The lowest BCUT2D eigenvalue weighted by molar-refractivity contribution is -0.133. The van der Waals surface area contributed by atoms with E-state index >= 15 is 8.78 Å². The molecule has 3 saturated heterocycles. The average Bonchev–Trinajstić information content (AvgIpc) is 3.15. The van der Waals surface area contributed by atoms with Crippen molar-refractivity contribution >= 4 is 30.3 Å². The molecule has 2 aromatic carbocycles. The third kappa shape index (κ3) is 8.93. The molecule has 2 amide bonds. The number of nitrogens with zero attached hydrogens (tertiary/aromatic N) is 4. The van der Waals surface area contributed by atoms with Crippen molar-refractivity contribution < 1.29 is 23.1 Å². The van der Waals surface area contributed by atoms with Gasteiger partial charge in [0.2, 0.25) is 11.8 Å². The molecule has 3 aliphatic heterocycles. The summed E-state index contributed by atoms with van der Waals surface area (Å²) in [5.41, 5.74) is 4.21. The average molecular weight is 729 g/mol. The molecule has 282 valence electrons. The van der Waals surface area contributed by atoms with E-state index in [4.69, 9.17) is 4.74 Å². The van der Waals surface area contributed by atoms with Gasteiger partial charge in [0.15, 0.2) is 0 Å². The zero-order valence-electron chi connectivity index (χ0n) is 30.9. The number of halogens is 2. The van der Waals surface area contributed by atoms with Crippen LogP contribution in [0.25, 0.3) is 17.2 Å². The number of imide groups is 1. The van der Waals surface area contributed by atoms with Gasteiger partial charge in [0, 0.05) is 54.8 Å². The maximum absolute atomic E-state index is 15.8. The number of pyridine rings is 1. The Morgan fingerprint density at radius 3 is 2.42 bits per heavy atom. The number of hydrogen-bond acceptors (Lipinski definition) is 8. The first-order valence-electron chi connectivity index (χ1n) is 18.6. The summed E-state index contributed by atoms with van der Waals surface area (Å²) < 4.78 is 38.2. The van der Waals surface area contributed by atoms with Gasteiger partial charge in [-0.1, -0.05) is 6.07 Å². The van der Waals surface area contributed by atoms with Crippen LogP contribution in [-0.4, -0.2) is 78.8 Å². The van der Waals surface area contributed by atoms with E-state index < -0.39 is 6.04 Å². The van der Waals surface area contributed by atoms with E-state index in [1.165, 1.54) is 22.9 Å². The van der Waals surface area contributed by atoms with Crippen LogP contribution >= 0.6 is 0 Å². The Balaban J connectivity index is 0.979. The molecule has 6 rings (SSSR count). The van der Waals surface area contributed by atoms with Crippen molar-refractivity contribution in [1.82, 2.24) is 19.7 Å². The Morgan fingerprint density at radius 1 is 1.00 bits per heavy atom. The van der Waals surface area contributed by atoms with Gasteiger partial charge in [-0.3, -0.25) is 29.6 Å². The summed E-state index contributed by atoms with van der Waals surface area (Å²) in [6, 6.07) is 7.95. The van der Waals surface area contributed by atoms with Gasteiger partial charge in [0.05, 0.1) is 7.11 Å². The molecule has 0 bridgehead atoms. The van der Waals surface area contributed by atoms with E-state index in [0.717, 1.165) is 70.4 Å². The number of carbonyl (C=O) groups excluding carboxylic acids is 2. The van der Waals surface area contributed by atoms with E-state index in [1.807, 2.05) is 18.2 Å². The van der Waals surface area contributed by atoms with Gasteiger partial charge in [0.1, 0.15) is 23.4 Å². The molecule has 3 aromatic rings. The number of aromatic nitrogens is 1. The molecule has 0 aliphatic carbocycles. The number of rotatable bonds is 12. The zero-order valence-corrected chi connectivity index (χ0v) is 30.9. The van der Waals surface area contributed by atoms with E-state index in [-0.39, 0.29) is 41.3 Å². The molecule has 53 heavy (non-hydrogen) atoms. The van der Waals surface area contributed by atoms with Crippen LogP contribution in [0.4, 0.5) is 14.5 Å². The highest BCUT2D eigenvalue weighted by molar-refractivity contribution is 6.01. The van der Waals surface area contributed by atoms with Crippen LogP contribution in [0.3, 0.4) is 0 Å². The number of hydrogen-bond donors (Lipinski definition) is 2. The second kappa shape index (κ2) is 17.0. The summed E-state index contributed by atoms with van der Waals surface area (Å²) in [7, 11) is 3.24. The molecule has 3 aliphatic rings. The van der Waals surface area contributed by atoms with Crippen molar-refractivity contribution in [2.24, 2.45) is 18.0 Å². The standard InChI is InChI=1S/C41H50F2N6O4/c1-26-31(9-15-44-2)33(24-47(3)41(26)52)29-21-35(42)34(38(22-29)53-4)25-49-17-11-27(12-18-49)10-16-48-19-13-28(14-20-48)32-6-5-30(23-36(32)43)45-37-7-8-39(50)46-40(37)51/h5-6,9,15,21-24,27-28,37,45H,2,7-8,10-14,16-20,25H2,1,3-4H3,(H,46,50,51)/b15-9-. The molecule has 2 N–H and O–H groups in total. The molecule has 0 saturated carbocycles. The minimum Gasteiger partial charge on any atom is -0.496 e. The molecule has 12 heteroatoms. The number of ether oxygens (including phenoxy) is 1. The Bertz CT molecular complexity index is 1930. The normalized spacial score (nSPS) is 19.5. The Labute approximate surface area is 309 Å². The molecule has 10 nitrogen and oxygen atoms in total. The highest BCUT2D eigenvalue weighted by atomic mass is 19.1. The lowest BCUT2D eigenvalue weighted by Gasteiger charge is -2.35. The fraction of sp³-hybridized carbons (Fsp3) is 0.463. The first-order valence-corrected chi connectivity index (χ1v) is 18.6. The Morgan fingerprint density at radius 2 is 1.74 bits per heavy atom. The van der Waals surface area contributed by atoms with E-state index in [9.17, 15) is 14.4 Å². The van der Waals surface area contributed by atoms with Gasteiger partial charge >= 0.3 is 0 Å². The van der Waals surface area contributed by atoms with Crippen molar-refractivity contribution in [1.29, 1.82) is 0 Å². The predicted octanol–water partition coefficient (Wildman–Crippen LogP) is 6.02. The minimum absolute atomic E-state index is 0.131. The highest BCUT2D eigenvalue weighted by Crippen LogP contribution is 2.35. The molecule has 1 atom stereocenters. The van der Waals surface area contributed by atoms with Gasteiger partial charge < -0.3 is 19.5 Å². The molecule has 0 spiro atoms. The lowest BCUT2D eigenvalue weighted by Crippen LogP contribution is -2.47. The van der Waals surface area contributed by atoms with Gasteiger partial charge in [-0.25, -0.2) is 8.78 Å². The van der Waals surface area contributed by atoms with Crippen LogP contribution in [0.2, 0.25) is 0 Å². The van der Waals surface area contributed by atoms with Gasteiger partial charge in [-0.05, 0) is 144 Å². The molecule has 0 radical (unpaired) electrons. The number of benzene rings is 2. The van der Waals surface area contributed by atoms with Crippen LogP contribution in [0.15, 0.2) is 52.5 Å². The minimum atomic E-state index is -0.541. The summed E-state index contributed by atoms with van der Waals surface area (Å²) in [5, 5.41) is 5.39. The fourth-order valence-corrected chi connectivity index (χ4v) is 8.05. The summed E-state index contributed by atoms with van der Waals surface area (Å²) >= 11 is 0. The largest absolute Gasteiger partial charge is 0.496 e. The van der Waals surface area contributed by atoms with Crippen molar-refractivity contribution in [3.8, 4) is 16.9 Å². The Kier molecular flexibility index (Phi) is 12.2. The quantitative estimate of drug-likeness (QED) is 0.174. The number of carbonyl (C=O) groups is 2. The van der Waals surface area contributed by atoms with Crippen LogP contribution in [0, 0.1) is 24.5 Å². The summed E-state index contributed by atoms with van der Waals surface area (Å²) in [6.07, 6.45) is 10.6.